The molecule has 4 heteroatoms. The van der Waals surface area contributed by atoms with Crippen LogP contribution in [0.5, 0.6) is 0 Å². The van der Waals surface area contributed by atoms with E-state index in [1.807, 2.05) is 17.5 Å². The highest BCUT2D eigenvalue weighted by atomic mass is 32.1. The predicted molar refractivity (Wildman–Crippen MR) is 47.0 cm³/mol. The van der Waals surface area contributed by atoms with Crippen LogP contribution in [0.15, 0.2) is 29.9 Å². The van der Waals surface area contributed by atoms with E-state index in [0.717, 1.165) is 4.88 Å². The fourth-order valence-electron chi connectivity index (χ4n) is 1.01. The Morgan fingerprint density at radius 1 is 1.58 bits per heavy atom. The van der Waals surface area contributed by atoms with Crippen LogP contribution in [0, 0.1) is 0 Å². The number of aromatic amines is 1. The Balaban J connectivity index is 2.27. The fourth-order valence-corrected chi connectivity index (χ4v) is 1.72. The number of imidazole rings is 1. The van der Waals surface area contributed by atoms with Crippen molar-refractivity contribution in [1.82, 2.24) is 9.97 Å². The van der Waals surface area contributed by atoms with Gasteiger partial charge < -0.3 is 10.1 Å². The Hall–Kier alpha value is -1.13. The van der Waals surface area contributed by atoms with E-state index in [1.54, 1.807) is 12.4 Å². The lowest BCUT2D eigenvalue weighted by molar-refractivity contribution is 0.215. The number of hydrogen-bond donors (Lipinski definition) is 2. The first-order chi connectivity index (χ1) is 5.88. The molecule has 0 saturated heterocycles. The molecule has 2 N–H and O–H groups in total. The molecule has 0 unspecified atom stereocenters. The molecule has 3 nitrogen and oxygen atoms in total. The van der Waals surface area contributed by atoms with Crippen LogP contribution in [-0.2, 0) is 0 Å². The van der Waals surface area contributed by atoms with Crippen LogP contribution in [0.3, 0.4) is 0 Å². The van der Waals surface area contributed by atoms with Gasteiger partial charge in [-0.05, 0) is 11.4 Å². The van der Waals surface area contributed by atoms with Crippen LogP contribution in [0.25, 0.3) is 0 Å². The van der Waals surface area contributed by atoms with Gasteiger partial charge in [-0.2, -0.15) is 0 Å². The van der Waals surface area contributed by atoms with Crippen molar-refractivity contribution in [3.63, 3.8) is 0 Å². The van der Waals surface area contributed by atoms with Gasteiger partial charge in [0.1, 0.15) is 11.9 Å². The molecular weight excluding hydrogens is 172 g/mol. The van der Waals surface area contributed by atoms with Crippen molar-refractivity contribution in [2.24, 2.45) is 0 Å². The second kappa shape index (κ2) is 3.08. The van der Waals surface area contributed by atoms with Gasteiger partial charge in [0.05, 0.1) is 0 Å². The predicted octanol–water partition coefficient (Wildman–Crippen LogP) is 1.55. The molecule has 0 aliphatic rings. The lowest BCUT2D eigenvalue weighted by Gasteiger charge is -2.03. The summed E-state index contributed by atoms with van der Waals surface area (Å²) < 4.78 is 0. The van der Waals surface area contributed by atoms with Crippen LogP contribution in [0.1, 0.15) is 16.8 Å². The maximum absolute atomic E-state index is 9.69. The van der Waals surface area contributed by atoms with Crippen molar-refractivity contribution in [3.05, 3.63) is 40.6 Å². The van der Waals surface area contributed by atoms with Crippen LogP contribution < -0.4 is 0 Å². The SMILES string of the molecule is O[C@H](c1ncc[nH]1)c1cccs1. The van der Waals surface area contributed by atoms with E-state index >= 15 is 0 Å². The summed E-state index contributed by atoms with van der Waals surface area (Å²) in [5.74, 6) is 0.595. The molecule has 12 heavy (non-hydrogen) atoms. The molecule has 0 bridgehead atoms. The second-order valence-electron chi connectivity index (χ2n) is 2.39. The smallest absolute Gasteiger partial charge is 0.146 e. The number of nitrogens with zero attached hydrogens (tertiary/aromatic N) is 1. The molecule has 0 aromatic carbocycles. The Kier molecular flexibility index (Phi) is 1.93. The van der Waals surface area contributed by atoms with Gasteiger partial charge in [0.15, 0.2) is 0 Å². The topological polar surface area (TPSA) is 48.9 Å². The number of hydrogen-bond acceptors (Lipinski definition) is 3. The average molecular weight is 180 g/mol. The summed E-state index contributed by atoms with van der Waals surface area (Å²) in [6.07, 6.45) is 2.72. The fraction of sp³-hybridized carbons (Fsp3) is 0.125. The summed E-state index contributed by atoms with van der Waals surface area (Å²) in [4.78, 5) is 7.75. The highest BCUT2D eigenvalue weighted by molar-refractivity contribution is 7.10. The van der Waals surface area contributed by atoms with Gasteiger partial charge in [-0.3, -0.25) is 0 Å². The van der Waals surface area contributed by atoms with E-state index in [-0.39, 0.29) is 0 Å². The van der Waals surface area contributed by atoms with Gasteiger partial charge in [0.25, 0.3) is 0 Å². The Morgan fingerprint density at radius 3 is 3.08 bits per heavy atom. The zero-order valence-electron chi connectivity index (χ0n) is 6.27. The quantitative estimate of drug-likeness (QED) is 0.736. The Morgan fingerprint density at radius 2 is 2.50 bits per heavy atom. The molecule has 0 amide bonds. The van der Waals surface area contributed by atoms with Crippen LogP contribution >= 0.6 is 11.3 Å². The minimum Gasteiger partial charge on any atom is -0.380 e. The van der Waals surface area contributed by atoms with Crippen LogP contribution in [0.2, 0.25) is 0 Å². The normalized spacial score (nSPS) is 13.1. The highest BCUT2D eigenvalue weighted by Gasteiger charge is 2.12. The third-order valence-corrected chi connectivity index (χ3v) is 2.52. The van der Waals surface area contributed by atoms with E-state index in [9.17, 15) is 5.11 Å². The van der Waals surface area contributed by atoms with Crippen LogP contribution in [-0.4, -0.2) is 15.1 Å². The number of aliphatic hydroxyl groups excluding tert-OH is 1. The summed E-state index contributed by atoms with van der Waals surface area (Å²) in [7, 11) is 0. The first kappa shape index (κ1) is 7.52. The molecule has 2 aromatic heterocycles. The largest absolute Gasteiger partial charge is 0.380 e. The lowest BCUT2D eigenvalue weighted by Crippen LogP contribution is -1.98. The molecule has 0 aliphatic carbocycles. The highest BCUT2D eigenvalue weighted by Crippen LogP contribution is 2.22. The molecule has 0 radical (unpaired) electrons. The van der Waals surface area contributed by atoms with Crippen molar-refractivity contribution in [1.29, 1.82) is 0 Å². The number of nitrogens with one attached hydrogen (secondary N) is 1. The first-order valence-electron chi connectivity index (χ1n) is 3.58. The van der Waals surface area contributed by atoms with E-state index in [2.05, 4.69) is 9.97 Å². The maximum atomic E-state index is 9.69. The van der Waals surface area contributed by atoms with Gasteiger partial charge in [-0.15, -0.1) is 11.3 Å². The third-order valence-electron chi connectivity index (χ3n) is 1.59. The number of H-pyrrole nitrogens is 1. The van der Waals surface area contributed by atoms with Gasteiger partial charge >= 0.3 is 0 Å². The van der Waals surface area contributed by atoms with E-state index in [4.69, 9.17) is 0 Å². The maximum Gasteiger partial charge on any atom is 0.146 e. The van der Waals surface area contributed by atoms with Crippen molar-refractivity contribution in [3.8, 4) is 0 Å². The summed E-state index contributed by atoms with van der Waals surface area (Å²) in [6, 6.07) is 3.80. The Labute approximate surface area is 73.7 Å². The number of aliphatic hydroxyl groups is 1. The molecule has 2 heterocycles. The van der Waals surface area contributed by atoms with Gasteiger partial charge in [0.2, 0.25) is 0 Å². The number of rotatable bonds is 2. The first-order valence-corrected chi connectivity index (χ1v) is 4.46. The zero-order valence-corrected chi connectivity index (χ0v) is 7.08. The number of thiophene rings is 1. The molecule has 2 aromatic rings. The molecule has 1 atom stereocenters. The molecule has 0 aliphatic heterocycles. The zero-order chi connectivity index (χ0) is 8.39. The van der Waals surface area contributed by atoms with Crippen molar-refractivity contribution in [2.75, 3.05) is 0 Å². The van der Waals surface area contributed by atoms with Crippen molar-refractivity contribution < 1.29 is 5.11 Å². The third kappa shape index (κ3) is 1.26. The molecule has 62 valence electrons. The van der Waals surface area contributed by atoms with E-state index in [0.29, 0.717) is 5.82 Å². The summed E-state index contributed by atoms with van der Waals surface area (Å²) in [5, 5.41) is 11.6. The summed E-state index contributed by atoms with van der Waals surface area (Å²) >= 11 is 1.52. The molecular formula is C8H8N2OS. The van der Waals surface area contributed by atoms with Gasteiger partial charge in [0, 0.05) is 17.3 Å². The molecule has 0 saturated carbocycles. The molecule has 0 spiro atoms. The monoisotopic (exact) mass is 180 g/mol. The summed E-state index contributed by atoms with van der Waals surface area (Å²) in [5.41, 5.74) is 0. The molecule has 2 rings (SSSR count). The van der Waals surface area contributed by atoms with Gasteiger partial charge in [-0.1, -0.05) is 6.07 Å². The lowest BCUT2D eigenvalue weighted by atomic mass is 10.3. The van der Waals surface area contributed by atoms with Crippen molar-refractivity contribution in [2.45, 2.75) is 6.10 Å². The standard InChI is InChI=1S/C8H8N2OS/c11-7(6-2-1-5-12-6)8-9-3-4-10-8/h1-5,7,11H,(H,9,10)/t7-/m0/s1. The second-order valence-corrected chi connectivity index (χ2v) is 3.37. The minimum absolute atomic E-state index is 0.595. The van der Waals surface area contributed by atoms with Crippen molar-refractivity contribution >= 4 is 11.3 Å². The Bertz CT molecular complexity index is 294. The molecule has 0 fully saturated rings. The average Bonchev–Trinajstić information content (AvgIpc) is 2.77. The minimum atomic E-state index is -0.611. The van der Waals surface area contributed by atoms with Crippen LogP contribution in [0.4, 0.5) is 0 Å². The summed E-state index contributed by atoms with van der Waals surface area (Å²) in [6.45, 7) is 0. The van der Waals surface area contributed by atoms with E-state index in [1.165, 1.54) is 11.3 Å². The van der Waals surface area contributed by atoms with E-state index < -0.39 is 6.10 Å². The van der Waals surface area contributed by atoms with Gasteiger partial charge in [-0.25, -0.2) is 4.98 Å². The number of aromatic nitrogens is 2.